The number of nitriles is 1. The molecule has 2 rings (SSSR count). The summed E-state index contributed by atoms with van der Waals surface area (Å²) in [5.41, 5.74) is 3.03. The summed E-state index contributed by atoms with van der Waals surface area (Å²) in [5.74, 6) is -0.143. The average Bonchev–Trinajstić information content (AvgIpc) is 2.41. The number of anilines is 1. The van der Waals surface area contributed by atoms with Crippen LogP contribution < -0.4 is 10.2 Å². The Morgan fingerprint density at radius 3 is 3.00 bits per heavy atom. The molecule has 2 amide bonds. The third kappa shape index (κ3) is 2.91. The van der Waals surface area contributed by atoms with Gasteiger partial charge in [0.2, 0.25) is 11.8 Å². The van der Waals surface area contributed by atoms with Crippen molar-refractivity contribution in [2.45, 2.75) is 25.8 Å². The monoisotopic (exact) mass is 257 g/mol. The Balaban J connectivity index is 2.08. The van der Waals surface area contributed by atoms with Crippen LogP contribution in [0, 0.1) is 11.3 Å². The number of carbonyl (C=O) groups is 2. The topological polar surface area (TPSA) is 73.2 Å². The van der Waals surface area contributed by atoms with Crippen molar-refractivity contribution in [3.8, 4) is 6.07 Å². The Morgan fingerprint density at radius 1 is 1.47 bits per heavy atom. The molecule has 0 saturated carbocycles. The molecule has 0 radical (unpaired) electrons. The van der Waals surface area contributed by atoms with Gasteiger partial charge in [-0.3, -0.25) is 9.59 Å². The van der Waals surface area contributed by atoms with E-state index in [4.69, 9.17) is 5.26 Å². The molecular formula is C14H15N3O2. The van der Waals surface area contributed by atoms with E-state index in [0.29, 0.717) is 13.0 Å². The van der Waals surface area contributed by atoms with Crippen molar-refractivity contribution in [3.05, 3.63) is 29.3 Å². The van der Waals surface area contributed by atoms with Gasteiger partial charge >= 0.3 is 0 Å². The largest absolute Gasteiger partial charge is 0.351 e. The van der Waals surface area contributed by atoms with Gasteiger partial charge in [-0.25, -0.2) is 0 Å². The average molecular weight is 257 g/mol. The highest BCUT2D eigenvalue weighted by Crippen LogP contribution is 2.27. The number of aryl methyl sites for hydroxylation is 1. The number of hydrogen-bond donors (Lipinski definition) is 1. The summed E-state index contributed by atoms with van der Waals surface area (Å²) in [7, 11) is 1.77. The van der Waals surface area contributed by atoms with E-state index in [1.54, 1.807) is 11.9 Å². The van der Waals surface area contributed by atoms with Crippen LogP contribution in [0.1, 0.15) is 24.0 Å². The van der Waals surface area contributed by atoms with Crippen LogP contribution in [-0.2, 0) is 22.6 Å². The van der Waals surface area contributed by atoms with E-state index in [1.807, 2.05) is 24.3 Å². The first-order valence-corrected chi connectivity index (χ1v) is 6.14. The summed E-state index contributed by atoms with van der Waals surface area (Å²) in [6.45, 7) is 0.408. The standard InChI is InChI=1S/C14H15N3O2/c1-17-12-4-2-10(9-16-13(18)6-7-15)8-11(12)3-5-14(17)19/h2,4,8H,3,5-6,9H2,1H3,(H,16,18). The molecule has 5 heteroatoms. The van der Waals surface area contributed by atoms with Crippen molar-refractivity contribution in [1.82, 2.24) is 5.32 Å². The van der Waals surface area contributed by atoms with Gasteiger partial charge in [-0.2, -0.15) is 5.26 Å². The molecule has 0 saturated heterocycles. The van der Waals surface area contributed by atoms with Gasteiger partial charge in [-0.05, 0) is 23.6 Å². The Labute approximate surface area is 111 Å². The van der Waals surface area contributed by atoms with Crippen LogP contribution in [0.15, 0.2) is 18.2 Å². The zero-order valence-corrected chi connectivity index (χ0v) is 10.8. The highest BCUT2D eigenvalue weighted by Gasteiger charge is 2.20. The van der Waals surface area contributed by atoms with Crippen molar-refractivity contribution in [3.63, 3.8) is 0 Å². The molecule has 0 fully saturated rings. The predicted octanol–water partition coefficient (Wildman–Crippen LogP) is 1.13. The second-order valence-electron chi connectivity index (χ2n) is 4.53. The molecule has 1 heterocycles. The lowest BCUT2D eigenvalue weighted by Gasteiger charge is -2.26. The third-order valence-corrected chi connectivity index (χ3v) is 3.22. The second-order valence-corrected chi connectivity index (χ2v) is 4.53. The molecule has 1 aromatic carbocycles. The summed E-state index contributed by atoms with van der Waals surface area (Å²) >= 11 is 0. The number of rotatable bonds is 3. The second kappa shape index (κ2) is 5.53. The van der Waals surface area contributed by atoms with E-state index in [2.05, 4.69) is 5.32 Å². The number of fused-ring (bicyclic) bond motifs is 1. The van der Waals surface area contributed by atoms with Gasteiger partial charge in [0.05, 0.1) is 6.07 Å². The number of hydrogen-bond acceptors (Lipinski definition) is 3. The van der Waals surface area contributed by atoms with Gasteiger partial charge < -0.3 is 10.2 Å². The van der Waals surface area contributed by atoms with Crippen LogP contribution in [0.2, 0.25) is 0 Å². The van der Waals surface area contributed by atoms with Crippen LogP contribution >= 0.6 is 0 Å². The molecule has 1 aliphatic heterocycles. The number of carbonyl (C=O) groups excluding carboxylic acids is 2. The van der Waals surface area contributed by atoms with Gasteiger partial charge in [0.15, 0.2) is 0 Å². The van der Waals surface area contributed by atoms with E-state index in [0.717, 1.165) is 23.2 Å². The maximum Gasteiger partial charge on any atom is 0.234 e. The molecule has 98 valence electrons. The fourth-order valence-electron chi connectivity index (χ4n) is 2.15. The van der Waals surface area contributed by atoms with E-state index in [-0.39, 0.29) is 18.2 Å². The van der Waals surface area contributed by atoms with Crippen LogP contribution in [0.3, 0.4) is 0 Å². The SMILES string of the molecule is CN1C(=O)CCc2cc(CNC(=O)CC#N)ccc21. The van der Waals surface area contributed by atoms with E-state index < -0.39 is 0 Å². The molecule has 19 heavy (non-hydrogen) atoms. The normalized spacial score (nSPS) is 13.7. The Morgan fingerprint density at radius 2 is 2.26 bits per heavy atom. The van der Waals surface area contributed by atoms with Crippen molar-refractivity contribution in [2.24, 2.45) is 0 Å². The highest BCUT2D eigenvalue weighted by molar-refractivity contribution is 5.95. The molecule has 0 bridgehead atoms. The molecule has 0 unspecified atom stereocenters. The minimum absolute atomic E-state index is 0.123. The van der Waals surface area contributed by atoms with Crippen LogP contribution in [0.4, 0.5) is 5.69 Å². The zero-order valence-electron chi connectivity index (χ0n) is 10.8. The van der Waals surface area contributed by atoms with Crippen LogP contribution in [0.25, 0.3) is 0 Å². The first-order chi connectivity index (χ1) is 9.11. The van der Waals surface area contributed by atoms with Gasteiger partial charge in [-0.1, -0.05) is 12.1 Å². The van der Waals surface area contributed by atoms with Crippen molar-refractivity contribution < 1.29 is 9.59 Å². The van der Waals surface area contributed by atoms with Gasteiger partial charge in [-0.15, -0.1) is 0 Å². The molecule has 5 nitrogen and oxygen atoms in total. The van der Waals surface area contributed by atoms with Crippen molar-refractivity contribution >= 4 is 17.5 Å². The third-order valence-electron chi connectivity index (χ3n) is 3.22. The fraction of sp³-hybridized carbons (Fsp3) is 0.357. The van der Waals surface area contributed by atoms with Crippen molar-refractivity contribution in [1.29, 1.82) is 5.26 Å². The van der Waals surface area contributed by atoms with Gasteiger partial charge in [0, 0.05) is 25.7 Å². The van der Waals surface area contributed by atoms with E-state index in [9.17, 15) is 9.59 Å². The minimum Gasteiger partial charge on any atom is -0.351 e. The maximum atomic E-state index is 11.6. The Bertz CT molecular complexity index is 560. The first kappa shape index (κ1) is 13.1. The first-order valence-electron chi connectivity index (χ1n) is 6.14. The fourth-order valence-corrected chi connectivity index (χ4v) is 2.15. The molecule has 0 spiro atoms. The maximum absolute atomic E-state index is 11.6. The Hall–Kier alpha value is -2.35. The van der Waals surface area contributed by atoms with E-state index >= 15 is 0 Å². The lowest BCUT2D eigenvalue weighted by molar-refractivity contribution is -0.120. The van der Waals surface area contributed by atoms with E-state index in [1.165, 1.54) is 0 Å². The molecule has 1 N–H and O–H groups in total. The molecule has 0 atom stereocenters. The summed E-state index contributed by atoms with van der Waals surface area (Å²) in [6, 6.07) is 7.60. The molecule has 0 aromatic heterocycles. The summed E-state index contributed by atoms with van der Waals surface area (Å²) < 4.78 is 0. The zero-order chi connectivity index (χ0) is 13.8. The van der Waals surface area contributed by atoms with Crippen LogP contribution in [0.5, 0.6) is 0 Å². The number of amides is 2. The number of nitrogens with one attached hydrogen (secondary N) is 1. The number of benzene rings is 1. The molecule has 0 aliphatic carbocycles. The summed E-state index contributed by atoms with van der Waals surface area (Å²) in [5, 5.41) is 11.1. The molecular weight excluding hydrogens is 242 g/mol. The van der Waals surface area contributed by atoms with Crippen molar-refractivity contribution in [2.75, 3.05) is 11.9 Å². The smallest absolute Gasteiger partial charge is 0.234 e. The quantitative estimate of drug-likeness (QED) is 0.882. The highest BCUT2D eigenvalue weighted by atomic mass is 16.2. The molecule has 1 aliphatic rings. The minimum atomic E-state index is -0.271. The number of nitrogens with zero attached hydrogens (tertiary/aromatic N) is 2. The lowest BCUT2D eigenvalue weighted by Crippen LogP contribution is -2.31. The Kier molecular flexibility index (Phi) is 3.81. The lowest BCUT2D eigenvalue weighted by atomic mass is 9.99. The molecule has 1 aromatic rings. The summed E-state index contributed by atoms with van der Waals surface area (Å²) in [6.07, 6.45) is 1.13. The van der Waals surface area contributed by atoms with Gasteiger partial charge in [0.25, 0.3) is 0 Å². The van der Waals surface area contributed by atoms with Gasteiger partial charge in [0.1, 0.15) is 6.42 Å². The summed E-state index contributed by atoms with van der Waals surface area (Å²) in [4.78, 5) is 24.4. The van der Waals surface area contributed by atoms with Crippen LogP contribution in [-0.4, -0.2) is 18.9 Å². The predicted molar refractivity (Wildman–Crippen MR) is 70.2 cm³/mol.